The molecule has 0 saturated heterocycles. The summed E-state index contributed by atoms with van der Waals surface area (Å²) < 4.78 is 39.2. The lowest BCUT2D eigenvalue weighted by Crippen LogP contribution is -2.51. The monoisotopic (exact) mass is 366 g/mol. The molecule has 3 N–H and O–H groups in total. The zero-order valence-electron chi connectivity index (χ0n) is 11.9. The van der Waals surface area contributed by atoms with E-state index in [1.807, 2.05) is 6.92 Å². The molecular weight excluding hydrogens is 349 g/mol. The summed E-state index contributed by atoms with van der Waals surface area (Å²) >= 11 is 3.01. The van der Waals surface area contributed by atoms with Crippen LogP contribution in [0.2, 0.25) is 0 Å². The lowest BCUT2D eigenvalue weighted by Gasteiger charge is -2.23. The number of hydrogen-bond acceptors (Lipinski definition) is 2. The van der Waals surface area contributed by atoms with Gasteiger partial charge in [-0.3, -0.25) is 4.79 Å². The van der Waals surface area contributed by atoms with Gasteiger partial charge >= 0.3 is 6.18 Å². The van der Waals surface area contributed by atoms with Gasteiger partial charge in [0.25, 0.3) is 0 Å². The van der Waals surface area contributed by atoms with E-state index in [4.69, 9.17) is 5.73 Å². The number of carbonyl (C=O) groups is 1. The molecule has 1 unspecified atom stereocenters. The van der Waals surface area contributed by atoms with E-state index in [-0.39, 0.29) is 12.1 Å². The van der Waals surface area contributed by atoms with Crippen molar-refractivity contribution in [2.45, 2.75) is 44.9 Å². The number of amides is 1. The second-order valence-electron chi connectivity index (χ2n) is 5.15. The average molecular weight is 367 g/mol. The normalized spacial score (nSPS) is 14.6. The maximum Gasteiger partial charge on any atom is 0.416 e. The van der Waals surface area contributed by atoms with Gasteiger partial charge in [0.2, 0.25) is 5.91 Å². The quantitative estimate of drug-likeness (QED) is 0.836. The average Bonchev–Trinajstić information content (AvgIpc) is 2.35. The van der Waals surface area contributed by atoms with Crippen LogP contribution in [0, 0.1) is 0 Å². The number of hydrogen-bond donors (Lipinski definition) is 2. The van der Waals surface area contributed by atoms with E-state index < -0.39 is 23.2 Å². The van der Waals surface area contributed by atoms with Crippen molar-refractivity contribution >= 4 is 21.8 Å². The van der Waals surface area contributed by atoms with E-state index in [1.165, 1.54) is 12.1 Å². The Hall–Kier alpha value is -1.08. The molecule has 0 spiro atoms. The van der Waals surface area contributed by atoms with Gasteiger partial charge in [-0.1, -0.05) is 35.3 Å². The van der Waals surface area contributed by atoms with Gasteiger partial charge in [-0.25, -0.2) is 0 Å². The fraction of sp³-hybridized carbons (Fsp3) is 0.500. The first kappa shape index (κ1) is 18.0. The summed E-state index contributed by atoms with van der Waals surface area (Å²) in [5.74, 6) is -0.458. The molecule has 0 aliphatic heterocycles. The van der Waals surface area contributed by atoms with Gasteiger partial charge in [-0.05, 0) is 31.0 Å². The first-order valence-corrected chi connectivity index (χ1v) is 7.30. The van der Waals surface area contributed by atoms with Gasteiger partial charge < -0.3 is 11.1 Å². The van der Waals surface area contributed by atoms with Crippen molar-refractivity contribution in [3.8, 4) is 0 Å². The standard InChI is InChI=1S/C14H18BrF3N2O/c1-3-6-13(2,19)12(21)20-8-9-4-5-10(15)7-11(9)14(16,17)18/h4-5,7H,3,6,8,19H2,1-2H3,(H,20,21). The van der Waals surface area contributed by atoms with Crippen LogP contribution >= 0.6 is 15.9 Å². The minimum atomic E-state index is -4.47. The summed E-state index contributed by atoms with van der Waals surface area (Å²) in [6, 6.07) is 3.83. The second-order valence-corrected chi connectivity index (χ2v) is 6.07. The van der Waals surface area contributed by atoms with Crippen LogP contribution < -0.4 is 11.1 Å². The molecule has 0 radical (unpaired) electrons. The zero-order valence-corrected chi connectivity index (χ0v) is 13.4. The van der Waals surface area contributed by atoms with Crippen LogP contribution in [0.1, 0.15) is 37.8 Å². The van der Waals surface area contributed by atoms with Crippen LogP contribution in [0.5, 0.6) is 0 Å². The Bertz CT molecular complexity index is 515. The lowest BCUT2D eigenvalue weighted by molar-refractivity contribution is -0.138. The van der Waals surface area contributed by atoms with Crippen molar-refractivity contribution in [1.29, 1.82) is 0 Å². The maximum atomic E-state index is 12.9. The fourth-order valence-corrected chi connectivity index (χ4v) is 2.34. The van der Waals surface area contributed by atoms with E-state index in [0.29, 0.717) is 17.3 Å². The topological polar surface area (TPSA) is 55.1 Å². The highest BCUT2D eigenvalue weighted by molar-refractivity contribution is 9.10. The van der Waals surface area contributed by atoms with Crippen LogP contribution in [-0.4, -0.2) is 11.4 Å². The number of carbonyl (C=O) groups excluding carboxylic acids is 1. The lowest BCUT2D eigenvalue weighted by atomic mass is 9.96. The Labute approximate surface area is 130 Å². The van der Waals surface area contributed by atoms with Crippen molar-refractivity contribution in [3.05, 3.63) is 33.8 Å². The van der Waals surface area contributed by atoms with Gasteiger partial charge in [-0.15, -0.1) is 0 Å². The van der Waals surface area contributed by atoms with Gasteiger partial charge in [0.15, 0.2) is 0 Å². The van der Waals surface area contributed by atoms with Gasteiger partial charge in [0.1, 0.15) is 0 Å². The number of halogens is 4. The van der Waals surface area contributed by atoms with Gasteiger partial charge in [0, 0.05) is 11.0 Å². The largest absolute Gasteiger partial charge is 0.416 e. The predicted molar refractivity (Wildman–Crippen MR) is 78.5 cm³/mol. The van der Waals surface area contributed by atoms with Gasteiger partial charge in [0.05, 0.1) is 11.1 Å². The second kappa shape index (κ2) is 6.79. The molecule has 0 aromatic heterocycles. The molecule has 0 aliphatic rings. The van der Waals surface area contributed by atoms with Crippen molar-refractivity contribution in [2.75, 3.05) is 0 Å². The van der Waals surface area contributed by atoms with E-state index in [9.17, 15) is 18.0 Å². The number of benzene rings is 1. The summed E-state index contributed by atoms with van der Waals surface area (Å²) in [6.45, 7) is 3.24. The number of nitrogens with one attached hydrogen (secondary N) is 1. The molecular formula is C14H18BrF3N2O. The van der Waals surface area contributed by atoms with Crippen LogP contribution in [0.15, 0.2) is 22.7 Å². The van der Waals surface area contributed by atoms with Crippen LogP contribution in [0.3, 0.4) is 0 Å². The third-order valence-corrected chi connectivity index (χ3v) is 3.60. The molecule has 1 aromatic carbocycles. The third-order valence-electron chi connectivity index (χ3n) is 3.10. The summed E-state index contributed by atoms with van der Waals surface area (Å²) in [7, 11) is 0. The molecule has 0 fully saturated rings. The molecule has 1 atom stereocenters. The van der Waals surface area contributed by atoms with Crippen molar-refractivity contribution in [3.63, 3.8) is 0 Å². The smallest absolute Gasteiger partial charge is 0.350 e. The highest BCUT2D eigenvalue weighted by Crippen LogP contribution is 2.33. The van der Waals surface area contributed by atoms with Gasteiger partial charge in [-0.2, -0.15) is 13.2 Å². The maximum absolute atomic E-state index is 12.9. The molecule has 0 bridgehead atoms. The zero-order chi connectivity index (χ0) is 16.3. The molecule has 3 nitrogen and oxygen atoms in total. The van der Waals surface area contributed by atoms with E-state index >= 15 is 0 Å². The highest BCUT2D eigenvalue weighted by Gasteiger charge is 2.34. The van der Waals surface area contributed by atoms with E-state index in [2.05, 4.69) is 21.2 Å². The van der Waals surface area contributed by atoms with Crippen LogP contribution in [0.4, 0.5) is 13.2 Å². The van der Waals surface area contributed by atoms with Crippen LogP contribution in [0.25, 0.3) is 0 Å². The first-order chi connectivity index (χ1) is 9.58. The molecule has 1 amide bonds. The van der Waals surface area contributed by atoms with Crippen molar-refractivity contribution in [1.82, 2.24) is 5.32 Å². The highest BCUT2D eigenvalue weighted by atomic mass is 79.9. The Morgan fingerprint density at radius 2 is 2.00 bits per heavy atom. The fourth-order valence-electron chi connectivity index (χ4n) is 1.98. The Morgan fingerprint density at radius 3 is 2.52 bits per heavy atom. The molecule has 118 valence electrons. The molecule has 7 heteroatoms. The molecule has 21 heavy (non-hydrogen) atoms. The summed E-state index contributed by atoms with van der Waals surface area (Å²) in [4.78, 5) is 11.9. The van der Waals surface area contributed by atoms with Crippen molar-refractivity contribution < 1.29 is 18.0 Å². The number of alkyl halides is 3. The molecule has 0 heterocycles. The number of rotatable bonds is 5. The minimum absolute atomic E-state index is 0.00588. The molecule has 0 saturated carbocycles. The van der Waals surface area contributed by atoms with Crippen molar-refractivity contribution in [2.24, 2.45) is 5.73 Å². The summed E-state index contributed by atoms with van der Waals surface area (Å²) in [5.41, 5.74) is 3.99. The molecule has 0 aliphatic carbocycles. The number of nitrogens with two attached hydrogens (primary N) is 1. The molecule has 1 rings (SSSR count). The van der Waals surface area contributed by atoms with E-state index in [0.717, 1.165) is 6.07 Å². The van der Waals surface area contributed by atoms with E-state index in [1.54, 1.807) is 6.92 Å². The SMILES string of the molecule is CCCC(C)(N)C(=O)NCc1ccc(Br)cc1C(F)(F)F. The predicted octanol–water partition coefficient (Wildman–Crippen LogP) is 3.60. The Morgan fingerprint density at radius 1 is 1.38 bits per heavy atom. The third kappa shape index (κ3) is 5.00. The summed E-state index contributed by atoms with van der Waals surface area (Å²) in [5, 5.41) is 2.48. The minimum Gasteiger partial charge on any atom is -0.350 e. The van der Waals surface area contributed by atoms with Crippen LogP contribution in [-0.2, 0) is 17.5 Å². The first-order valence-electron chi connectivity index (χ1n) is 6.50. The summed E-state index contributed by atoms with van der Waals surface area (Å²) in [6.07, 6.45) is -3.29. The Kier molecular flexibility index (Phi) is 5.81. The molecule has 1 aromatic rings. The Balaban J connectivity index is 2.88.